The van der Waals surface area contributed by atoms with Crippen LogP contribution >= 0.6 is 0 Å². The maximum absolute atomic E-state index is 12.4. The van der Waals surface area contributed by atoms with Crippen molar-refractivity contribution < 1.29 is 14.7 Å². The van der Waals surface area contributed by atoms with Gasteiger partial charge in [-0.1, -0.05) is 0 Å². The molecule has 0 spiro atoms. The van der Waals surface area contributed by atoms with Gasteiger partial charge in [0.05, 0.1) is 6.54 Å². The van der Waals surface area contributed by atoms with E-state index in [9.17, 15) is 9.59 Å². The van der Waals surface area contributed by atoms with E-state index in [0.29, 0.717) is 31.3 Å². The van der Waals surface area contributed by atoms with Crippen molar-refractivity contribution in [2.45, 2.75) is 32.7 Å². The number of aryl methyl sites for hydroxylation is 1. The number of carboxylic acid groups (broad SMARTS) is 1. The number of aromatic amines is 1. The molecule has 116 valence electrons. The average molecular weight is 295 g/mol. The molecule has 0 bridgehead atoms. The molecule has 8 nitrogen and oxygen atoms in total. The van der Waals surface area contributed by atoms with Crippen LogP contribution in [0.25, 0.3) is 0 Å². The van der Waals surface area contributed by atoms with Crippen LogP contribution in [0.3, 0.4) is 0 Å². The SMILES string of the molecule is Cc1nc(CN(C)C(=O)N2CCCC(CC(=O)O)C2)n[nH]1. The summed E-state index contributed by atoms with van der Waals surface area (Å²) in [6.07, 6.45) is 1.82. The number of piperidine rings is 1. The maximum Gasteiger partial charge on any atom is 0.320 e. The molecule has 1 fully saturated rings. The number of aromatic nitrogens is 3. The van der Waals surface area contributed by atoms with Crippen LogP contribution in [0.15, 0.2) is 0 Å². The van der Waals surface area contributed by atoms with Gasteiger partial charge >= 0.3 is 12.0 Å². The molecule has 1 unspecified atom stereocenters. The summed E-state index contributed by atoms with van der Waals surface area (Å²) in [5.41, 5.74) is 0. The Balaban J connectivity index is 1.90. The van der Waals surface area contributed by atoms with Gasteiger partial charge in [-0.15, -0.1) is 0 Å². The summed E-state index contributed by atoms with van der Waals surface area (Å²) in [5.74, 6) is 0.519. The first-order valence-electron chi connectivity index (χ1n) is 7.05. The van der Waals surface area contributed by atoms with Crippen LogP contribution in [-0.2, 0) is 11.3 Å². The van der Waals surface area contributed by atoms with Crippen molar-refractivity contribution in [2.24, 2.45) is 5.92 Å². The first kappa shape index (κ1) is 15.3. The number of aliphatic carboxylic acids is 1. The van der Waals surface area contributed by atoms with Gasteiger partial charge in [-0.3, -0.25) is 9.89 Å². The van der Waals surface area contributed by atoms with E-state index in [1.807, 2.05) is 0 Å². The lowest BCUT2D eigenvalue weighted by molar-refractivity contribution is -0.138. The zero-order valence-corrected chi connectivity index (χ0v) is 12.4. The minimum absolute atomic E-state index is 0.0411. The molecule has 2 rings (SSSR count). The number of hydrogen-bond acceptors (Lipinski definition) is 4. The van der Waals surface area contributed by atoms with Gasteiger partial charge in [0.15, 0.2) is 5.82 Å². The molecule has 1 aromatic heterocycles. The molecule has 1 aliphatic rings. The number of amides is 2. The van der Waals surface area contributed by atoms with Gasteiger partial charge in [-0.2, -0.15) is 5.10 Å². The molecule has 8 heteroatoms. The molecule has 2 heterocycles. The highest BCUT2D eigenvalue weighted by atomic mass is 16.4. The lowest BCUT2D eigenvalue weighted by Crippen LogP contribution is -2.46. The quantitative estimate of drug-likeness (QED) is 0.857. The van der Waals surface area contributed by atoms with E-state index in [1.165, 1.54) is 0 Å². The zero-order valence-electron chi connectivity index (χ0n) is 12.4. The fraction of sp³-hybridized carbons (Fsp3) is 0.692. The molecule has 0 aliphatic carbocycles. The van der Waals surface area contributed by atoms with Crippen molar-refractivity contribution in [2.75, 3.05) is 20.1 Å². The van der Waals surface area contributed by atoms with Crippen LogP contribution < -0.4 is 0 Å². The molecular weight excluding hydrogens is 274 g/mol. The fourth-order valence-corrected chi connectivity index (χ4v) is 2.63. The Morgan fingerprint density at radius 3 is 2.90 bits per heavy atom. The second-order valence-electron chi connectivity index (χ2n) is 5.53. The van der Waals surface area contributed by atoms with Crippen LogP contribution in [0.1, 0.15) is 30.9 Å². The molecule has 1 atom stereocenters. The third-order valence-corrected chi connectivity index (χ3v) is 3.60. The standard InChI is InChI=1S/C13H21N5O3/c1-9-14-11(16-15-9)8-17(2)13(21)18-5-3-4-10(7-18)6-12(19)20/h10H,3-8H2,1-2H3,(H,19,20)(H,14,15,16). The molecule has 1 saturated heterocycles. The van der Waals surface area contributed by atoms with Crippen LogP contribution in [0.5, 0.6) is 0 Å². The Morgan fingerprint density at radius 2 is 2.29 bits per heavy atom. The molecular formula is C13H21N5O3. The number of H-pyrrole nitrogens is 1. The predicted molar refractivity (Wildman–Crippen MR) is 74.5 cm³/mol. The van der Waals surface area contributed by atoms with Crippen LogP contribution in [0, 0.1) is 12.8 Å². The highest BCUT2D eigenvalue weighted by Crippen LogP contribution is 2.20. The molecule has 21 heavy (non-hydrogen) atoms. The highest BCUT2D eigenvalue weighted by Gasteiger charge is 2.27. The molecule has 2 N–H and O–H groups in total. The van der Waals surface area contributed by atoms with Crippen LogP contribution in [0.4, 0.5) is 4.79 Å². The minimum Gasteiger partial charge on any atom is -0.481 e. The van der Waals surface area contributed by atoms with E-state index < -0.39 is 5.97 Å². The molecule has 0 aromatic carbocycles. The summed E-state index contributed by atoms with van der Waals surface area (Å²) in [6, 6.07) is -0.104. The second-order valence-corrected chi connectivity index (χ2v) is 5.53. The summed E-state index contributed by atoms with van der Waals surface area (Å²) < 4.78 is 0. The second kappa shape index (κ2) is 6.55. The van der Waals surface area contributed by atoms with Gasteiger partial charge in [0.1, 0.15) is 5.82 Å². The van der Waals surface area contributed by atoms with E-state index in [2.05, 4.69) is 15.2 Å². The summed E-state index contributed by atoms with van der Waals surface area (Å²) in [7, 11) is 1.70. The number of carboxylic acids is 1. The number of carbonyl (C=O) groups excluding carboxylic acids is 1. The lowest BCUT2D eigenvalue weighted by Gasteiger charge is -2.34. The number of urea groups is 1. The van der Waals surface area contributed by atoms with Crippen molar-refractivity contribution in [3.8, 4) is 0 Å². The number of nitrogens with one attached hydrogen (secondary N) is 1. The van der Waals surface area contributed by atoms with Gasteiger partial charge in [0.25, 0.3) is 0 Å². The topological polar surface area (TPSA) is 102 Å². The van der Waals surface area contributed by atoms with Crippen molar-refractivity contribution in [3.63, 3.8) is 0 Å². The largest absolute Gasteiger partial charge is 0.481 e. The number of likely N-dealkylation sites (tertiary alicyclic amines) is 1. The predicted octanol–water partition coefficient (Wildman–Crippen LogP) is 0.852. The van der Waals surface area contributed by atoms with Crippen LogP contribution in [0.2, 0.25) is 0 Å². The lowest BCUT2D eigenvalue weighted by atomic mass is 9.95. The maximum atomic E-state index is 12.4. The number of carbonyl (C=O) groups is 2. The Bertz CT molecular complexity index is 516. The van der Waals surface area contributed by atoms with Gasteiger partial charge in [0, 0.05) is 26.6 Å². The summed E-state index contributed by atoms with van der Waals surface area (Å²) in [4.78, 5) is 30.6. The number of rotatable bonds is 4. The van der Waals surface area contributed by atoms with Gasteiger partial charge < -0.3 is 14.9 Å². The Labute approximate surface area is 123 Å². The number of hydrogen-bond donors (Lipinski definition) is 2. The zero-order chi connectivity index (χ0) is 15.4. The normalized spacial score (nSPS) is 18.6. The van der Waals surface area contributed by atoms with E-state index in [4.69, 9.17) is 5.11 Å². The van der Waals surface area contributed by atoms with E-state index in [0.717, 1.165) is 12.8 Å². The van der Waals surface area contributed by atoms with Crippen molar-refractivity contribution in [1.82, 2.24) is 25.0 Å². The third-order valence-electron chi connectivity index (χ3n) is 3.60. The Hall–Kier alpha value is -2.12. The van der Waals surface area contributed by atoms with E-state index in [1.54, 1.807) is 23.8 Å². The van der Waals surface area contributed by atoms with E-state index in [-0.39, 0.29) is 18.4 Å². The molecule has 1 aliphatic heterocycles. The summed E-state index contributed by atoms with van der Waals surface area (Å²) in [6.45, 7) is 3.32. The van der Waals surface area contributed by atoms with Crippen molar-refractivity contribution in [3.05, 3.63) is 11.6 Å². The van der Waals surface area contributed by atoms with Gasteiger partial charge in [-0.05, 0) is 25.7 Å². The van der Waals surface area contributed by atoms with Gasteiger partial charge in [0.2, 0.25) is 0 Å². The molecule has 0 radical (unpaired) electrons. The third kappa shape index (κ3) is 4.17. The first-order chi connectivity index (χ1) is 9.95. The molecule has 1 aromatic rings. The highest BCUT2D eigenvalue weighted by molar-refractivity contribution is 5.74. The smallest absolute Gasteiger partial charge is 0.320 e. The fourth-order valence-electron chi connectivity index (χ4n) is 2.63. The Kier molecular flexibility index (Phi) is 4.77. The monoisotopic (exact) mass is 295 g/mol. The summed E-state index contributed by atoms with van der Waals surface area (Å²) >= 11 is 0. The summed E-state index contributed by atoms with van der Waals surface area (Å²) in [5, 5.41) is 15.6. The Morgan fingerprint density at radius 1 is 1.52 bits per heavy atom. The van der Waals surface area contributed by atoms with Crippen molar-refractivity contribution >= 4 is 12.0 Å². The van der Waals surface area contributed by atoms with Crippen molar-refractivity contribution in [1.29, 1.82) is 0 Å². The van der Waals surface area contributed by atoms with Crippen LogP contribution in [-0.4, -0.2) is 62.2 Å². The molecule has 2 amide bonds. The average Bonchev–Trinajstić information content (AvgIpc) is 2.82. The molecule has 0 saturated carbocycles. The number of nitrogens with zero attached hydrogens (tertiary/aromatic N) is 4. The van der Waals surface area contributed by atoms with Gasteiger partial charge in [-0.25, -0.2) is 9.78 Å². The minimum atomic E-state index is -0.807. The first-order valence-corrected chi connectivity index (χ1v) is 7.05. The van der Waals surface area contributed by atoms with E-state index >= 15 is 0 Å².